The number of hydrogen-bond donors (Lipinski definition) is 0. The van der Waals surface area contributed by atoms with Gasteiger partial charge in [0, 0.05) is 43.2 Å². The Morgan fingerprint density at radius 2 is 2.20 bits per heavy atom. The highest BCUT2D eigenvalue weighted by Gasteiger charge is 2.33. The molecule has 5 heteroatoms. The second-order valence-corrected chi connectivity index (χ2v) is 7.29. The lowest BCUT2D eigenvalue weighted by atomic mass is 9.84. The average molecular weight is 293 g/mol. The first kappa shape index (κ1) is 13.9. The van der Waals surface area contributed by atoms with Crippen molar-refractivity contribution < 1.29 is 4.79 Å². The van der Waals surface area contributed by atoms with Crippen LogP contribution in [0, 0.1) is 12.8 Å². The highest BCUT2D eigenvalue weighted by atomic mass is 32.1. The summed E-state index contributed by atoms with van der Waals surface area (Å²) < 4.78 is 0. The van der Waals surface area contributed by atoms with Crippen molar-refractivity contribution in [1.82, 2.24) is 9.88 Å². The van der Waals surface area contributed by atoms with Crippen LogP contribution in [0.2, 0.25) is 0 Å². The van der Waals surface area contributed by atoms with Crippen LogP contribution < -0.4 is 4.90 Å². The number of aryl methyl sites for hydroxylation is 1. The van der Waals surface area contributed by atoms with Gasteiger partial charge in [0.05, 0.1) is 0 Å². The number of anilines is 1. The van der Waals surface area contributed by atoms with Crippen LogP contribution in [-0.4, -0.2) is 42.0 Å². The summed E-state index contributed by atoms with van der Waals surface area (Å²) >= 11 is 1.75. The number of carbonyl (C=O) groups excluding carboxylic acids is 1. The molecule has 1 unspecified atom stereocenters. The van der Waals surface area contributed by atoms with Gasteiger partial charge in [0.25, 0.3) is 0 Å². The monoisotopic (exact) mass is 293 g/mol. The van der Waals surface area contributed by atoms with E-state index in [0.29, 0.717) is 17.9 Å². The minimum absolute atomic E-state index is 0.303. The van der Waals surface area contributed by atoms with Gasteiger partial charge >= 0.3 is 0 Å². The number of piperidine rings is 1. The Labute approximate surface area is 124 Å². The smallest absolute Gasteiger partial charge is 0.225 e. The summed E-state index contributed by atoms with van der Waals surface area (Å²) in [5, 5.41) is 1.11. The van der Waals surface area contributed by atoms with E-state index in [2.05, 4.69) is 16.8 Å². The Morgan fingerprint density at radius 1 is 1.40 bits per heavy atom. The van der Waals surface area contributed by atoms with Crippen LogP contribution in [0.3, 0.4) is 0 Å². The molecule has 1 saturated carbocycles. The molecule has 1 atom stereocenters. The van der Waals surface area contributed by atoms with Crippen molar-refractivity contribution in [3.05, 3.63) is 11.1 Å². The van der Waals surface area contributed by atoms with Gasteiger partial charge in [-0.3, -0.25) is 4.79 Å². The third-order valence-electron chi connectivity index (χ3n) is 4.63. The van der Waals surface area contributed by atoms with E-state index in [4.69, 9.17) is 0 Å². The molecule has 0 N–H and O–H groups in total. The Balaban J connectivity index is 1.63. The van der Waals surface area contributed by atoms with Gasteiger partial charge in [-0.15, -0.1) is 11.3 Å². The Kier molecular flexibility index (Phi) is 3.96. The third kappa shape index (κ3) is 2.68. The molecule has 1 aromatic rings. The van der Waals surface area contributed by atoms with Gasteiger partial charge in [0.15, 0.2) is 5.13 Å². The number of amides is 1. The molecule has 1 saturated heterocycles. The molecule has 4 nitrogen and oxygen atoms in total. The number of rotatable bonds is 3. The molecule has 0 aromatic carbocycles. The zero-order chi connectivity index (χ0) is 14.1. The number of aromatic nitrogens is 1. The molecule has 1 aromatic heterocycles. The second-order valence-electron chi connectivity index (χ2n) is 6.07. The standard InChI is InChI=1S/C15H23N3OS/c1-11-9-16-15(20-11)18-8-4-7-13(10-18)17(2)14(19)12-5-3-6-12/h9,12-13H,3-8,10H2,1-2H3. The maximum atomic E-state index is 12.4. The summed E-state index contributed by atoms with van der Waals surface area (Å²) in [6, 6.07) is 0.348. The molecular weight excluding hydrogens is 270 g/mol. The van der Waals surface area contributed by atoms with Crippen molar-refractivity contribution in [2.75, 3.05) is 25.0 Å². The predicted molar refractivity (Wildman–Crippen MR) is 82.2 cm³/mol. The molecule has 0 radical (unpaired) electrons. The topological polar surface area (TPSA) is 36.4 Å². The summed E-state index contributed by atoms with van der Waals surface area (Å²) in [5.74, 6) is 0.663. The van der Waals surface area contributed by atoms with Crippen molar-refractivity contribution in [1.29, 1.82) is 0 Å². The fourth-order valence-corrected chi connectivity index (χ4v) is 3.85. The van der Waals surface area contributed by atoms with Crippen molar-refractivity contribution in [2.45, 2.75) is 45.1 Å². The lowest BCUT2D eigenvalue weighted by Gasteiger charge is -2.40. The number of hydrogen-bond acceptors (Lipinski definition) is 4. The highest BCUT2D eigenvalue weighted by molar-refractivity contribution is 7.15. The number of carbonyl (C=O) groups is 1. The van der Waals surface area contributed by atoms with Crippen LogP contribution >= 0.6 is 11.3 Å². The van der Waals surface area contributed by atoms with Crippen LogP contribution in [0.15, 0.2) is 6.20 Å². The summed E-state index contributed by atoms with van der Waals surface area (Å²) in [5.41, 5.74) is 0. The lowest BCUT2D eigenvalue weighted by molar-refractivity contribution is -0.139. The first-order valence-corrected chi connectivity index (χ1v) is 8.41. The normalized spacial score (nSPS) is 23.5. The maximum Gasteiger partial charge on any atom is 0.225 e. The molecule has 3 rings (SSSR count). The molecule has 0 spiro atoms. The second kappa shape index (κ2) is 5.72. The first-order valence-electron chi connectivity index (χ1n) is 7.59. The van der Waals surface area contributed by atoms with Crippen LogP contribution in [0.1, 0.15) is 37.0 Å². The molecule has 2 heterocycles. The van der Waals surface area contributed by atoms with Crippen molar-refractivity contribution >= 4 is 22.4 Å². The number of thiazole rings is 1. The third-order valence-corrected chi connectivity index (χ3v) is 5.60. The van der Waals surface area contributed by atoms with Crippen molar-refractivity contribution in [2.24, 2.45) is 5.92 Å². The molecule has 20 heavy (non-hydrogen) atoms. The minimum Gasteiger partial charge on any atom is -0.346 e. The Hall–Kier alpha value is -1.10. The van der Waals surface area contributed by atoms with Gasteiger partial charge in [-0.05, 0) is 32.6 Å². The maximum absolute atomic E-state index is 12.4. The first-order chi connectivity index (χ1) is 9.65. The molecule has 2 aliphatic rings. The quantitative estimate of drug-likeness (QED) is 0.859. The molecule has 1 aliphatic carbocycles. The summed E-state index contributed by atoms with van der Waals surface area (Å²) in [4.78, 5) is 22.5. The van der Waals surface area contributed by atoms with Crippen LogP contribution in [0.4, 0.5) is 5.13 Å². The van der Waals surface area contributed by atoms with E-state index in [1.807, 2.05) is 18.1 Å². The zero-order valence-electron chi connectivity index (χ0n) is 12.3. The number of nitrogens with zero attached hydrogens (tertiary/aromatic N) is 3. The summed E-state index contributed by atoms with van der Waals surface area (Å²) in [7, 11) is 1.99. The molecule has 1 aliphatic heterocycles. The van der Waals surface area contributed by atoms with Gasteiger partial charge in [-0.1, -0.05) is 6.42 Å². The molecule has 1 amide bonds. The van der Waals surface area contributed by atoms with Crippen LogP contribution in [0.25, 0.3) is 0 Å². The van der Waals surface area contributed by atoms with E-state index >= 15 is 0 Å². The van der Waals surface area contributed by atoms with E-state index in [0.717, 1.165) is 43.9 Å². The van der Waals surface area contributed by atoms with E-state index in [1.54, 1.807) is 11.3 Å². The van der Waals surface area contributed by atoms with E-state index in [9.17, 15) is 4.79 Å². The molecular formula is C15H23N3OS. The highest BCUT2D eigenvalue weighted by Crippen LogP contribution is 2.30. The Bertz CT molecular complexity index is 483. The van der Waals surface area contributed by atoms with Gasteiger partial charge in [0.2, 0.25) is 5.91 Å². The SMILES string of the molecule is Cc1cnc(N2CCCC(N(C)C(=O)C3CCC3)C2)s1. The van der Waals surface area contributed by atoms with Gasteiger partial charge in [0.1, 0.15) is 0 Å². The van der Waals surface area contributed by atoms with Gasteiger partial charge in [-0.2, -0.15) is 0 Å². The zero-order valence-corrected chi connectivity index (χ0v) is 13.2. The van der Waals surface area contributed by atoms with Gasteiger partial charge < -0.3 is 9.80 Å². The van der Waals surface area contributed by atoms with Crippen LogP contribution in [0.5, 0.6) is 0 Å². The summed E-state index contributed by atoms with van der Waals surface area (Å²) in [6.07, 6.45) is 7.60. The Morgan fingerprint density at radius 3 is 2.80 bits per heavy atom. The number of likely N-dealkylation sites (N-methyl/N-ethyl adjacent to an activating group) is 1. The van der Waals surface area contributed by atoms with Crippen molar-refractivity contribution in [3.63, 3.8) is 0 Å². The lowest BCUT2D eigenvalue weighted by Crippen LogP contribution is -2.50. The van der Waals surface area contributed by atoms with Crippen molar-refractivity contribution in [3.8, 4) is 0 Å². The largest absolute Gasteiger partial charge is 0.346 e. The summed E-state index contributed by atoms with van der Waals surface area (Å²) in [6.45, 7) is 4.09. The molecule has 2 fully saturated rings. The molecule has 0 bridgehead atoms. The fraction of sp³-hybridized carbons (Fsp3) is 0.733. The van der Waals surface area contributed by atoms with E-state index < -0.39 is 0 Å². The van der Waals surface area contributed by atoms with E-state index in [1.165, 1.54) is 11.3 Å². The minimum atomic E-state index is 0.303. The fourth-order valence-electron chi connectivity index (χ4n) is 3.06. The average Bonchev–Trinajstić information content (AvgIpc) is 2.83. The molecule has 110 valence electrons. The van der Waals surface area contributed by atoms with E-state index in [-0.39, 0.29) is 0 Å². The van der Waals surface area contributed by atoms with Crippen LogP contribution in [-0.2, 0) is 4.79 Å². The predicted octanol–water partition coefficient (Wildman–Crippen LogP) is 2.68. The van der Waals surface area contributed by atoms with Gasteiger partial charge in [-0.25, -0.2) is 4.98 Å².